The van der Waals surface area contributed by atoms with Crippen molar-refractivity contribution in [2.75, 3.05) is 7.05 Å². The summed E-state index contributed by atoms with van der Waals surface area (Å²) in [6.45, 7) is 0.664. The van der Waals surface area contributed by atoms with Gasteiger partial charge in [0.1, 0.15) is 6.04 Å². The van der Waals surface area contributed by atoms with Crippen molar-refractivity contribution < 1.29 is 9.90 Å². The summed E-state index contributed by atoms with van der Waals surface area (Å²) in [5, 5.41) is 11.4. The fraction of sp³-hybridized carbons (Fsp3) is 0.500. The maximum absolute atomic E-state index is 10.6. The Morgan fingerprint density at radius 2 is 2.54 bits per heavy atom. The minimum atomic E-state index is -0.817. The van der Waals surface area contributed by atoms with Crippen LogP contribution in [-0.4, -0.2) is 33.7 Å². The molecule has 0 spiro atoms. The molecule has 1 unspecified atom stereocenters. The maximum atomic E-state index is 10.6. The normalized spacial score (nSPS) is 12.7. The van der Waals surface area contributed by atoms with Crippen molar-refractivity contribution >= 4 is 5.97 Å². The van der Waals surface area contributed by atoms with Crippen LogP contribution in [0.15, 0.2) is 18.7 Å². The Bertz CT molecular complexity index is 258. The third-order valence-electron chi connectivity index (χ3n) is 1.88. The van der Waals surface area contributed by atoms with Gasteiger partial charge in [0.2, 0.25) is 0 Å². The van der Waals surface area contributed by atoms with Crippen LogP contribution in [0.2, 0.25) is 0 Å². The van der Waals surface area contributed by atoms with Gasteiger partial charge in [-0.2, -0.15) is 0 Å². The van der Waals surface area contributed by atoms with Crippen LogP contribution < -0.4 is 5.32 Å². The number of nitrogens with one attached hydrogen (secondary N) is 1. The molecular formula is C8H13N3O2. The molecular weight excluding hydrogens is 170 g/mol. The van der Waals surface area contributed by atoms with Crippen molar-refractivity contribution in [3.8, 4) is 0 Å². The number of imidazole rings is 1. The van der Waals surface area contributed by atoms with Crippen molar-refractivity contribution in [1.29, 1.82) is 0 Å². The summed E-state index contributed by atoms with van der Waals surface area (Å²) in [6.07, 6.45) is 5.72. The van der Waals surface area contributed by atoms with Crippen LogP contribution in [0.3, 0.4) is 0 Å². The monoisotopic (exact) mass is 183 g/mol. The van der Waals surface area contributed by atoms with E-state index in [2.05, 4.69) is 10.3 Å². The van der Waals surface area contributed by atoms with Gasteiger partial charge in [0.05, 0.1) is 6.33 Å². The maximum Gasteiger partial charge on any atom is 0.320 e. The summed E-state index contributed by atoms with van der Waals surface area (Å²) in [6, 6.07) is -0.484. The molecule has 1 atom stereocenters. The fourth-order valence-corrected chi connectivity index (χ4v) is 1.09. The van der Waals surface area contributed by atoms with Gasteiger partial charge < -0.3 is 15.0 Å². The van der Waals surface area contributed by atoms with Crippen LogP contribution in [0.25, 0.3) is 0 Å². The predicted molar refractivity (Wildman–Crippen MR) is 47.3 cm³/mol. The molecule has 0 bridgehead atoms. The van der Waals surface area contributed by atoms with Gasteiger partial charge in [-0.25, -0.2) is 4.98 Å². The highest BCUT2D eigenvalue weighted by molar-refractivity contribution is 5.73. The second-order valence-electron chi connectivity index (χ2n) is 2.77. The molecule has 0 aromatic carbocycles. The van der Waals surface area contributed by atoms with E-state index in [-0.39, 0.29) is 0 Å². The number of carboxylic acid groups (broad SMARTS) is 1. The standard InChI is InChI=1S/C8H13N3O2/c1-9-7(8(12)13)2-4-11-5-3-10-6-11/h3,5-7,9H,2,4H2,1H3,(H,12,13). The Morgan fingerprint density at radius 3 is 3.00 bits per heavy atom. The fourth-order valence-electron chi connectivity index (χ4n) is 1.09. The first-order chi connectivity index (χ1) is 6.24. The Balaban J connectivity index is 2.36. The number of aryl methyl sites for hydroxylation is 1. The predicted octanol–water partition coefficient (Wildman–Crippen LogP) is -0.0542. The van der Waals surface area contributed by atoms with E-state index >= 15 is 0 Å². The topological polar surface area (TPSA) is 67.2 Å². The quantitative estimate of drug-likeness (QED) is 0.671. The van der Waals surface area contributed by atoms with Crippen LogP contribution >= 0.6 is 0 Å². The number of likely N-dealkylation sites (N-methyl/N-ethyl adjacent to an activating group) is 1. The van der Waals surface area contributed by atoms with Gasteiger partial charge in [0.25, 0.3) is 0 Å². The van der Waals surface area contributed by atoms with Crippen LogP contribution in [0, 0.1) is 0 Å². The molecule has 1 heterocycles. The largest absolute Gasteiger partial charge is 0.480 e. The highest BCUT2D eigenvalue weighted by Crippen LogP contribution is 1.96. The van der Waals surface area contributed by atoms with Crippen LogP contribution in [0.4, 0.5) is 0 Å². The van der Waals surface area contributed by atoms with Gasteiger partial charge in [-0.15, -0.1) is 0 Å². The highest BCUT2D eigenvalue weighted by Gasteiger charge is 2.13. The van der Waals surface area contributed by atoms with Crippen molar-refractivity contribution in [3.63, 3.8) is 0 Å². The Labute approximate surface area is 76.4 Å². The number of nitrogens with zero attached hydrogens (tertiary/aromatic N) is 2. The van der Waals surface area contributed by atoms with E-state index < -0.39 is 12.0 Å². The molecule has 1 rings (SSSR count). The van der Waals surface area contributed by atoms with Crippen LogP contribution in [0.1, 0.15) is 6.42 Å². The van der Waals surface area contributed by atoms with Gasteiger partial charge in [0.15, 0.2) is 0 Å². The van der Waals surface area contributed by atoms with Crippen molar-refractivity contribution in [1.82, 2.24) is 14.9 Å². The van der Waals surface area contributed by atoms with Crippen LogP contribution in [0.5, 0.6) is 0 Å². The van der Waals surface area contributed by atoms with Gasteiger partial charge in [-0.05, 0) is 13.5 Å². The van der Waals surface area contributed by atoms with E-state index in [9.17, 15) is 4.79 Å². The lowest BCUT2D eigenvalue weighted by molar-refractivity contribution is -0.139. The molecule has 0 radical (unpaired) electrons. The van der Waals surface area contributed by atoms with Crippen molar-refractivity contribution in [2.45, 2.75) is 19.0 Å². The molecule has 0 aliphatic heterocycles. The lowest BCUT2D eigenvalue weighted by Crippen LogP contribution is -2.34. The minimum absolute atomic E-state index is 0.484. The SMILES string of the molecule is CNC(CCn1ccnc1)C(=O)O. The Morgan fingerprint density at radius 1 is 1.77 bits per heavy atom. The third kappa shape index (κ3) is 2.87. The van der Waals surface area contributed by atoms with E-state index in [1.807, 2.05) is 10.8 Å². The summed E-state index contributed by atoms with van der Waals surface area (Å²) in [5.41, 5.74) is 0. The van der Waals surface area contributed by atoms with Crippen molar-refractivity contribution in [3.05, 3.63) is 18.7 Å². The van der Waals surface area contributed by atoms with Gasteiger partial charge in [-0.1, -0.05) is 0 Å². The van der Waals surface area contributed by atoms with Gasteiger partial charge in [0, 0.05) is 18.9 Å². The summed E-state index contributed by atoms with van der Waals surface area (Å²) in [7, 11) is 1.65. The van der Waals surface area contributed by atoms with E-state index in [1.54, 1.807) is 19.6 Å². The highest BCUT2D eigenvalue weighted by atomic mass is 16.4. The van der Waals surface area contributed by atoms with Crippen LogP contribution in [-0.2, 0) is 11.3 Å². The first kappa shape index (κ1) is 9.73. The zero-order valence-corrected chi connectivity index (χ0v) is 7.47. The van der Waals surface area contributed by atoms with Gasteiger partial charge >= 0.3 is 5.97 Å². The number of aliphatic carboxylic acids is 1. The first-order valence-electron chi connectivity index (χ1n) is 4.10. The lowest BCUT2D eigenvalue weighted by Gasteiger charge is -2.10. The molecule has 0 aliphatic rings. The minimum Gasteiger partial charge on any atom is -0.480 e. The average Bonchev–Trinajstić information content (AvgIpc) is 2.57. The van der Waals surface area contributed by atoms with E-state index in [4.69, 9.17) is 5.11 Å². The third-order valence-corrected chi connectivity index (χ3v) is 1.88. The first-order valence-corrected chi connectivity index (χ1v) is 4.10. The zero-order valence-electron chi connectivity index (χ0n) is 7.47. The molecule has 0 fully saturated rings. The average molecular weight is 183 g/mol. The van der Waals surface area contributed by atoms with Crippen molar-refractivity contribution in [2.24, 2.45) is 0 Å². The second-order valence-corrected chi connectivity index (χ2v) is 2.77. The smallest absolute Gasteiger partial charge is 0.320 e. The molecule has 0 aliphatic carbocycles. The molecule has 5 nitrogen and oxygen atoms in total. The zero-order chi connectivity index (χ0) is 9.68. The molecule has 13 heavy (non-hydrogen) atoms. The summed E-state index contributed by atoms with van der Waals surface area (Å²) >= 11 is 0. The number of carboxylic acids is 1. The molecule has 2 N–H and O–H groups in total. The van der Waals surface area contributed by atoms with Gasteiger partial charge in [-0.3, -0.25) is 4.79 Å². The Kier molecular flexibility index (Phi) is 3.45. The number of carbonyl (C=O) groups is 1. The molecule has 1 aromatic rings. The summed E-state index contributed by atoms with van der Waals surface area (Å²) in [5.74, 6) is -0.817. The number of hydrogen-bond acceptors (Lipinski definition) is 3. The molecule has 0 amide bonds. The molecule has 0 saturated heterocycles. The molecule has 72 valence electrons. The summed E-state index contributed by atoms with van der Waals surface area (Å²) < 4.78 is 1.85. The summed E-state index contributed by atoms with van der Waals surface area (Å²) in [4.78, 5) is 14.5. The molecule has 5 heteroatoms. The van der Waals surface area contributed by atoms with E-state index in [1.165, 1.54) is 0 Å². The number of rotatable bonds is 5. The lowest BCUT2D eigenvalue weighted by atomic mass is 10.2. The molecule has 0 saturated carbocycles. The number of hydrogen-bond donors (Lipinski definition) is 2. The van der Waals surface area contributed by atoms with E-state index in [0.29, 0.717) is 13.0 Å². The second kappa shape index (κ2) is 4.61. The molecule has 1 aromatic heterocycles. The number of aromatic nitrogens is 2. The Hall–Kier alpha value is -1.36. The van der Waals surface area contributed by atoms with E-state index in [0.717, 1.165) is 0 Å².